The van der Waals surface area contributed by atoms with E-state index >= 15 is 0 Å². The van der Waals surface area contributed by atoms with E-state index < -0.39 is 0 Å². The summed E-state index contributed by atoms with van der Waals surface area (Å²) in [6, 6.07) is 16.7. The van der Waals surface area contributed by atoms with Crippen molar-refractivity contribution in [1.29, 1.82) is 0 Å². The van der Waals surface area contributed by atoms with Crippen molar-refractivity contribution in [2.45, 2.75) is 17.3 Å². The average Bonchev–Trinajstić information content (AvgIpc) is 3.06. The molecule has 1 N–H and O–H groups in total. The Balaban J connectivity index is 1.62. The number of anilines is 1. The van der Waals surface area contributed by atoms with Crippen molar-refractivity contribution in [2.24, 2.45) is 0 Å². The molecule has 0 aliphatic carbocycles. The van der Waals surface area contributed by atoms with E-state index in [1.807, 2.05) is 37.3 Å². The third kappa shape index (κ3) is 4.15. The first-order valence-corrected chi connectivity index (χ1v) is 8.58. The number of benzene rings is 2. The number of nitrogens with zero attached hydrogens (tertiary/aromatic N) is 3. The normalized spacial score (nSPS) is 11.9. The van der Waals surface area contributed by atoms with E-state index in [4.69, 9.17) is 11.6 Å². The predicted octanol–water partition coefficient (Wildman–Crippen LogP) is 4.04. The Morgan fingerprint density at radius 3 is 2.58 bits per heavy atom. The van der Waals surface area contributed by atoms with Crippen molar-refractivity contribution < 1.29 is 4.79 Å². The molecule has 0 aliphatic heterocycles. The molecule has 1 atom stereocenters. The molecule has 0 aliphatic rings. The summed E-state index contributed by atoms with van der Waals surface area (Å²) in [5, 5.41) is 8.10. The SMILES string of the molecule is CC(Sc1ncn(-c2ccccc2)n1)C(=O)Nc1ccc(Cl)cc1. The maximum Gasteiger partial charge on any atom is 0.237 e. The molecular weight excluding hydrogens is 344 g/mol. The van der Waals surface area contributed by atoms with Gasteiger partial charge in [-0.2, -0.15) is 0 Å². The Kier molecular flexibility index (Phi) is 5.17. The molecule has 0 saturated heterocycles. The molecule has 0 saturated carbocycles. The third-order valence-electron chi connectivity index (χ3n) is 3.25. The summed E-state index contributed by atoms with van der Waals surface area (Å²) in [6.07, 6.45) is 1.64. The van der Waals surface area contributed by atoms with Crippen LogP contribution in [0.15, 0.2) is 66.1 Å². The lowest BCUT2D eigenvalue weighted by Crippen LogP contribution is -2.22. The van der Waals surface area contributed by atoms with E-state index in [1.165, 1.54) is 11.8 Å². The zero-order valence-corrected chi connectivity index (χ0v) is 14.5. The molecule has 5 nitrogen and oxygen atoms in total. The topological polar surface area (TPSA) is 59.8 Å². The van der Waals surface area contributed by atoms with Crippen molar-refractivity contribution in [3.63, 3.8) is 0 Å². The number of rotatable bonds is 5. The number of aromatic nitrogens is 3. The first-order chi connectivity index (χ1) is 11.6. The van der Waals surface area contributed by atoms with Gasteiger partial charge >= 0.3 is 0 Å². The lowest BCUT2D eigenvalue weighted by Gasteiger charge is -2.10. The number of hydrogen-bond acceptors (Lipinski definition) is 4. The molecule has 0 radical (unpaired) electrons. The van der Waals surface area contributed by atoms with Crippen LogP contribution in [0.2, 0.25) is 5.02 Å². The molecule has 0 bridgehead atoms. The van der Waals surface area contributed by atoms with E-state index in [-0.39, 0.29) is 11.2 Å². The van der Waals surface area contributed by atoms with Gasteiger partial charge in [0.25, 0.3) is 0 Å². The van der Waals surface area contributed by atoms with Crippen LogP contribution >= 0.6 is 23.4 Å². The Bertz CT molecular complexity index is 820. The van der Waals surface area contributed by atoms with Crippen LogP contribution in [-0.4, -0.2) is 25.9 Å². The second-order valence-electron chi connectivity index (χ2n) is 5.06. The molecule has 0 fully saturated rings. The molecule has 3 rings (SSSR count). The average molecular weight is 359 g/mol. The Morgan fingerprint density at radius 1 is 1.17 bits per heavy atom. The van der Waals surface area contributed by atoms with Crippen molar-refractivity contribution in [3.05, 3.63) is 65.9 Å². The predicted molar refractivity (Wildman–Crippen MR) is 96.8 cm³/mol. The van der Waals surface area contributed by atoms with Gasteiger partial charge in [0.2, 0.25) is 11.1 Å². The molecule has 2 aromatic carbocycles. The smallest absolute Gasteiger partial charge is 0.237 e. The number of thioether (sulfide) groups is 1. The monoisotopic (exact) mass is 358 g/mol. The molecule has 1 aromatic heterocycles. The summed E-state index contributed by atoms with van der Waals surface area (Å²) in [5.41, 5.74) is 1.63. The molecule has 1 heterocycles. The molecule has 7 heteroatoms. The van der Waals surface area contributed by atoms with Crippen LogP contribution in [0.25, 0.3) is 5.69 Å². The van der Waals surface area contributed by atoms with Crippen LogP contribution in [0, 0.1) is 0 Å². The Morgan fingerprint density at radius 2 is 1.88 bits per heavy atom. The summed E-state index contributed by atoms with van der Waals surface area (Å²) in [6.45, 7) is 1.82. The quantitative estimate of drug-likeness (QED) is 0.699. The summed E-state index contributed by atoms with van der Waals surface area (Å²) >= 11 is 7.14. The number of para-hydroxylation sites is 1. The standard InChI is InChI=1S/C17H15ClN4OS/c1-12(16(23)20-14-9-7-13(18)8-10-14)24-17-19-11-22(21-17)15-5-3-2-4-6-15/h2-12H,1H3,(H,20,23). The van der Waals surface area contributed by atoms with E-state index in [0.717, 1.165) is 5.69 Å². The second kappa shape index (κ2) is 7.51. The minimum absolute atomic E-state index is 0.113. The van der Waals surface area contributed by atoms with Gasteiger partial charge in [0.1, 0.15) is 6.33 Å². The summed E-state index contributed by atoms with van der Waals surface area (Å²) in [7, 11) is 0. The fourth-order valence-corrected chi connectivity index (χ4v) is 2.85. The fraction of sp³-hybridized carbons (Fsp3) is 0.118. The fourth-order valence-electron chi connectivity index (χ4n) is 2.00. The Labute approximate surface area is 149 Å². The van der Waals surface area contributed by atoms with Gasteiger partial charge in [-0.25, -0.2) is 9.67 Å². The van der Waals surface area contributed by atoms with Crippen LogP contribution in [0.3, 0.4) is 0 Å². The zero-order valence-electron chi connectivity index (χ0n) is 12.9. The van der Waals surface area contributed by atoms with Crippen molar-refractivity contribution in [1.82, 2.24) is 14.8 Å². The van der Waals surface area contributed by atoms with Gasteiger partial charge in [-0.1, -0.05) is 41.6 Å². The number of halogens is 1. The van der Waals surface area contributed by atoms with Crippen LogP contribution in [0.5, 0.6) is 0 Å². The number of hydrogen-bond donors (Lipinski definition) is 1. The molecular formula is C17H15ClN4OS. The lowest BCUT2D eigenvalue weighted by molar-refractivity contribution is -0.115. The van der Waals surface area contributed by atoms with Crippen molar-refractivity contribution >= 4 is 35.0 Å². The van der Waals surface area contributed by atoms with E-state index in [0.29, 0.717) is 15.9 Å². The van der Waals surface area contributed by atoms with Crippen LogP contribution in [0.1, 0.15) is 6.92 Å². The van der Waals surface area contributed by atoms with Gasteiger partial charge < -0.3 is 5.32 Å². The highest BCUT2D eigenvalue weighted by atomic mass is 35.5. The molecule has 3 aromatic rings. The number of carbonyl (C=O) groups excluding carboxylic acids is 1. The number of nitrogens with one attached hydrogen (secondary N) is 1. The second-order valence-corrected chi connectivity index (χ2v) is 6.81. The largest absolute Gasteiger partial charge is 0.325 e. The van der Waals surface area contributed by atoms with Gasteiger partial charge in [0, 0.05) is 10.7 Å². The number of amides is 1. The molecule has 122 valence electrons. The molecule has 1 amide bonds. The van der Waals surface area contributed by atoms with Crippen LogP contribution < -0.4 is 5.32 Å². The first kappa shape index (κ1) is 16.5. The van der Waals surface area contributed by atoms with Crippen LogP contribution in [0.4, 0.5) is 5.69 Å². The van der Waals surface area contributed by atoms with E-state index in [1.54, 1.807) is 35.3 Å². The molecule has 0 spiro atoms. The zero-order chi connectivity index (χ0) is 16.9. The number of carbonyl (C=O) groups is 1. The first-order valence-electron chi connectivity index (χ1n) is 7.32. The summed E-state index contributed by atoms with van der Waals surface area (Å²) < 4.78 is 1.69. The van der Waals surface area contributed by atoms with Crippen LogP contribution in [-0.2, 0) is 4.79 Å². The van der Waals surface area contributed by atoms with Gasteiger partial charge in [-0.15, -0.1) is 5.10 Å². The van der Waals surface area contributed by atoms with E-state index in [2.05, 4.69) is 15.4 Å². The van der Waals surface area contributed by atoms with Gasteiger partial charge in [0.05, 0.1) is 10.9 Å². The molecule has 24 heavy (non-hydrogen) atoms. The summed E-state index contributed by atoms with van der Waals surface area (Å²) in [4.78, 5) is 16.5. The summed E-state index contributed by atoms with van der Waals surface area (Å²) in [5.74, 6) is -0.113. The highest BCUT2D eigenvalue weighted by Gasteiger charge is 2.17. The van der Waals surface area contributed by atoms with Crippen molar-refractivity contribution in [2.75, 3.05) is 5.32 Å². The maximum absolute atomic E-state index is 12.3. The molecule has 1 unspecified atom stereocenters. The van der Waals surface area contributed by atoms with E-state index in [9.17, 15) is 4.79 Å². The lowest BCUT2D eigenvalue weighted by atomic mass is 10.3. The third-order valence-corrected chi connectivity index (χ3v) is 4.47. The van der Waals surface area contributed by atoms with Crippen molar-refractivity contribution in [3.8, 4) is 5.69 Å². The minimum Gasteiger partial charge on any atom is -0.325 e. The minimum atomic E-state index is -0.327. The Hall–Kier alpha value is -2.31. The highest BCUT2D eigenvalue weighted by molar-refractivity contribution is 8.00. The maximum atomic E-state index is 12.3. The van der Waals surface area contributed by atoms with Gasteiger partial charge in [-0.05, 0) is 43.3 Å². The van der Waals surface area contributed by atoms with Gasteiger partial charge in [0.15, 0.2) is 0 Å². The van der Waals surface area contributed by atoms with Gasteiger partial charge in [-0.3, -0.25) is 4.79 Å². The highest BCUT2D eigenvalue weighted by Crippen LogP contribution is 2.22.